The summed E-state index contributed by atoms with van der Waals surface area (Å²) in [5, 5.41) is 0. The maximum Gasteiger partial charge on any atom is 0.410 e. The van der Waals surface area contributed by atoms with E-state index in [9.17, 15) is 9.59 Å². The lowest BCUT2D eigenvalue weighted by molar-refractivity contribution is -0.127. The molecule has 146 valence electrons. The average Bonchev–Trinajstić information content (AvgIpc) is 2.57. The molecule has 26 heavy (non-hydrogen) atoms. The Balaban J connectivity index is 2.00. The van der Waals surface area contributed by atoms with Crippen LogP contribution in [0, 0.1) is 5.41 Å². The summed E-state index contributed by atoms with van der Waals surface area (Å²) in [5.74, 6) is -0.105. The van der Waals surface area contributed by atoms with E-state index in [1.54, 1.807) is 22.0 Å². The van der Waals surface area contributed by atoms with Gasteiger partial charge < -0.3 is 14.5 Å². The molecule has 1 heterocycles. The molecule has 0 aromatic heterocycles. The SMILES string of the molecule is [2H]C1([2H])CCC(C)(C)C(/C=C/C(=O)N2CCN(C(=O)OC(C)(C)C)CC2)=C1C. The summed E-state index contributed by atoms with van der Waals surface area (Å²) in [6, 6.07) is 0. The van der Waals surface area contributed by atoms with Crippen LogP contribution < -0.4 is 0 Å². The zero-order valence-corrected chi connectivity index (χ0v) is 17.0. The Kier molecular flexibility index (Phi) is 5.32. The Bertz CT molecular complexity index is 682. The number of carbonyl (C=O) groups is 2. The molecule has 0 bridgehead atoms. The lowest BCUT2D eigenvalue weighted by atomic mass is 9.72. The molecule has 2 rings (SSSR count). The van der Waals surface area contributed by atoms with Crippen molar-refractivity contribution in [2.24, 2.45) is 5.41 Å². The highest BCUT2D eigenvalue weighted by Crippen LogP contribution is 2.40. The maximum absolute atomic E-state index is 12.6. The normalized spacial score (nSPS) is 24.4. The van der Waals surface area contributed by atoms with Gasteiger partial charge in [-0.2, -0.15) is 0 Å². The number of piperazine rings is 1. The Hall–Kier alpha value is -1.78. The minimum atomic E-state index is -1.32. The van der Waals surface area contributed by atoms with Crippen molar-refractivity contribution in [2.75, 3.05) is 26.2 Å². The zero-order chi connectivity index (χ0) is 21.3. The summed E-state index contributed by atoms with van der Waals surface area (Å²) in [4.78, 5) is 28.1. The Labute approximate surface area is 160 Å². The van der Waals surface area contributed by atoms with Gasteiger partial charge in [0.05, 0.1) is 0 Å². The molecular formula is C21H34N2O3. The molecule has 0 N–H and O–H groups in total. The summed E-state index contributed by atoms with van der Waals surface area (Å²) < 4.78 is 21.7. The van der Waals surface area contributed by atoms with E-state index in [4.69, 9.17) is 7.48 Å². The number of amides is 2. The van der Waals surface area contributed by atoms with Crippen LogP contribution in [-0.2, 0) is 9.53 Å². The minimum absolute atomic E-state index is 0.105. The summed E-state index contributed by atoms with van der Waals surface area (Å²) in [6.07, 6.45) is 2.92. The van der Waals surface area contributed by atoms with Crippen molar-refractivity contribution in [3.63, 3.8) is 0 Å². The van der Waals surface area contributed by atoms with E-state index < -0.39 is 12.0 Å². The van der Waals surface area contributed by atoms with E-state index in [-0.39, 0.29) is 17.4 Å². The number of hydrogen-bond acceptors (Lipinski definition) is 3. The minimum Gasteiger partial charge on any atom is -0.444 e. The fourth-order valence-corrected chi connectivity index (χ4v) is 3.35. The predicted molar refractivity (Wildman–Crippen MR) is 104 cm³/mol. The van der Waals surface area contributed by atoms with E-state index >= 15 is 0 Å². The molecule has 0 atom stereocenters. The van der Waals surface area contributed by atoms with Gasteiger partial charge in [0, 0.05) is 35.0 Å². The summed E-state index contributed by atoms with van der Waals surface area (Å²) in [7, 11) is 0. The first-order valence-electron chi connectivity index (χ1n) is 10.4. The Morgan fingerprint density at radius 3 is 2.31 bits per heavy atom. The zero-order valence-electron chi connectivity index (χ0n) is 19.0. The van der Waals surface area contributed by atoms with Gasteiger partial charge in [-0.25, -0.2) is 4.79 Å². The van der Waals surface area contributed by atoms with E-state index in [0.717, 1.165) is 12.0 Å². The second-order valence-electron chi connectivity index (χ2n) is 8.73. The molecule has 0 spiro atoms. The lowest BCUT2D eigenvalue weighted by Gasteiger charge is -2.35. The first kappa shape index (κ1) is 17.6. The van der Waals surface area contributed by atoms with E-state index in [0.29, 0.717) is 38.2 Å². The average molecular weight is 365 g/mol. The quantitative estimate of drug-likeness (QED) is 0.692. The molecule has 1 saturated heterocycles. The topological polar surface area (TPSA) is 49.9 Å². The molecule has 0 unspecified atom stereocenters. The highest BCUT2D eigenvalue weighted by Gasteiger charge is 2.28. The Morgan fingerprint density at radius 1 is 1.15 bits per heavy atom. The molecule has 5 nitrogen and oxygen atoms in total. The Morgan fingerprint density at radius 2 is 1.73 bits per heavy atom. The first-order chi connectivity index (χ1) is 12.7. The predicted octanol–water partition coefficient (Wildman–Crippen LogP) is 4.15. The van der Waals surface area contributed by atoms with Crippen LogP contribution in [0.25, 0.3) is 0 Å². The maximum atomic E-state index is 12.6. The lowest BCUT2D eigenvalue weighted by Crippen LogP contribution is -2.51. The van der Waals surface area contributed by atoms with Crippen LogP contribution in [-0.4, -0.2) is 53.6 Å². The van der Waals surface area contributed by atoms with Gasteiger partial charge in [0.25, 0.3) is 0 Å². The van der Waals surface area contributed by atoms with Gasteiger partial charge in [0.15, 0.2) is 0 Å². The number of carbonyl (C=O) groups excluding carboxylic acids is 2. The smallest absolute Gasteiger partial charge is 0.410 e. The third kappa shape index (κ3) is 5.36. The first-order valence-corrected chi connectivity index (χ1v) is 9.40. The molecule has 1 aliphatic heterocycles. The molecule has 5 heteroatoms. The van der Waals surface area contributed by atoms with Crippen LogP contribution in [0.2, 0.25) is 0 Å². The number of nitrogens with zero attached hydrogens (tertiary/aromatic N) is 2. The van der Waals surface area contributed by atoms with Crippen LogP contribution in [0.3, 0.4) is 0 Å². The number of hydrogen-bond donors (Lipinski definition) is 0. The van der Waals surface area contributed by atoms with Crippen molar-refractivity contribution in [3.8, 4) is 0 Å². The van der Waals surface area contributed by atoms with Gasteiger partial charge in [-0.05, 0) is 57.9 Å². The second-order valence-corrected chi connectivity index (χ2v) is 8.73. The van der Waals surface area contributed by atoms with Crippen LogP contribution in [0.15, 0.2) is 23.3 Å². The van der Waals surface area contributed by atoms with Gasteiger partial charge in [-0.3, -0.25) is 4.79 Å². The van der Waals surface area contributed by atoms with Crippen LogP contribution >= 0.6 is 0 Å². The summed E-state index contributed by atoms with van der Waals surface area (Å²) >= 11 is 0. The number of allylic oxidation sites excluding steroid dienone is 3. The van der Waals surface area contributed by atoms with Crippen LogP contribution in [0.1, 0.15) is 63.5 Å². The molecule has 1 aliphatic carbocycles. The van der Waals surface area contributed by atoms with Crippen LogP contribution in [0.4, 0.5) is 4.79 Å². The number of ether oxygens (including phenoxy) is 1. The molecule has 0 aromatic carbocycles. The van der Waals surface area contributed by atoms with Crippen molar-refractivity contribution >= 4 is 12.0 Å². The molecule has 0 saturated carbocycles. The van der Waals surface area contributed by atoms with Crippen molar-refractivity contribution < 1.29 is 17.1 Å². The van der Waals surface area contributed by atoms with Gasteiger partial charge in [-0.15, -0.1) is 0 Å². The van der Waals surface area contributed by atoms with E-state index in [2.05, 4.69) is 13.8 Å². The standard InChI is InChI=1S/C21H34N2O3/c1-16-8-7-11-21(5,6)17(16)9-10-18(24)22-12-14-23(15-13-22)19(25)26-20(2,3)4/h9-10H,7-8,11-15H2,1-6H3/b10-9+/i8D2. The van der Waals surface area contributed by atoms with Crippen molar-refractivity contribution in [1.29, 1.82) is 0 Å². The van der Waals surface area contributed by atoms with Crippen molar-refractivity contribution in [1.82, 2.24) is 9.80 Å². The third-order valence-corrected chi connectivity index (χ3v) is 4.91. The molecule has 0 aromatic rings. The highest BCUT2D eigenvalue weighted by molar-refractivity contribution is 5.88. The molecular weight excluding hydrogens is 328 g/mol. The highest BCUT2D eigenvalue weighted by atomic mass is 16.6. The molecule has 2 aliphatic rings. The van der Waals surface area contributed by atoms with Crippen molar-refractivity contribution in [3.05, 3.63) is 23.3 Å². The second kappa shape index (κ2) is 7.85. The number of rotatable bonds is 2. The van der Waals surface area contributed by atoms with Gasteiger partial charge in [-0.1, -0.05) is 25.5 Å². The fourth-order valence-electron chi connectivity index (χ4n) is 3.35. The van der Waals surface area contributed by atoms with Gasteiger partial charge >= 0.3 is 6.09 Å². The molecule has 2 amide bonds. The summed E-state index contributed by atoms with van der Waals surface area (Å²) in [6.45, 7) is 13.3. The third-order valence-electron chi connectivity index (χ3n) is 4.91. The van der Waals surface area contributed by atoms with Crippen LogP contribution in [0.5, 0.6) is 0 Å². The van der Waals surface area contributed by atoms with Gasteiger partial charge in [0.2, 0.25) is 5.91 Å². The van der Waals surface area contributed by atoms with Gasteiger partial charge in [0.1, 0.15) is 5.60 Å². The van der Waals surface area contributed by atoms with E-state index in [1.165, 1.54) is 0 Å². The fraction of sp³-hybridized carbons (Fsp3) is 0.714. The summed E-state index contributed by atoms with van der Waals surface area (Å²) in [5.41, 5.74) is 0.935. The van der Waals surface area contributed by atoms with Crippen molar-refractivity contribution in [2.45, 2.75) is 66.4 Å². The monoisotopic (exact) mass is 364 g/mol. The largest absolute Gasteiger partial charge is 0.444 e. The molecule has 1 fully saturated rings. The van der Waals surface area contributed by atoms with E-state index in [1.807, 2.05) is 27.7 Å². The molecule has 0 radical (unpaired) electrons.